The number of fused-ring (bicyclic) bond motifs is 1. The van der Waals surface area contributed by atoms with Crippen molar-refractivity contribution in [3.63, 3.8) is 0 Å². The first kappa shape index (κ1) is 9.14. The third-order valence-corrected chi connectivity index (χ3v) is 3.77. The number of rotatable bonds is 1. The Morgan fingerprint density at radius 3 is 2.73 bits per heavy atom. The van der Waals surface area contributed by atoms with Gasteiger partial charge in [-0.25, -0.2) is 0 Å². The zero-order valence-electron chi connectivity index (χ0n) is 9.12. The van der Waals surface area contributed by atoms with Crippen molar-refractivity contribution in [1.82, 2.24) is 0 Å². The first-order valence-electron chi connectivity index (χ1n) is 5.85. The fourth-order valence-electron chi connectivity index (χ4n) is 2.71. The highest BCUT2D eigenvalue weighted by Gasteiger charge is 2.38. The number of carbonyl (C=O) groups excluding carboxylic acids is 1. The molecule has 0 radical (unpaired) electrons. The van der Waals surface area contributed by atoms with Crippen LogP contribution in [0.5, 0.6) is 0 Å². The van der Waals surface area contributed by atoms with Gasteiger partial charge in [0.15, 0.2) is 0 Å². The summed E-state index contributed by atoms with van der Waals surface area (Å²) in [7, 11) is 0. The second-order valence-electron chi connectivity index (χ2n) is 5.06. The van der Waals surface area contributed by atoms with Crippen molar-refractivity contribution in [2.45, 2.75) is 32.6 Å². The van der Waals surface area contributed by atoms with E-state index in [1.54, 1.807) is 0 Å². The summed E-state index contributed by atoms with van der Waals surface area (Å²) in [4.78, 5) is 11.9. The standard InChI is InChI=1S/C14H16O/c1-9-2-3-11-8-14(15)13(10-4-5-10)7-12(11)6-9/h2-3,6,10,13H,4-5,7-8H2,1H3. The van der Waals surface area contributed by atoms with E-state index < -0.39 is 0 Å². The maximum Gasteiger partial charge on any atom is 0.140 e. The van der Waals surface area contributed by atoms with E-state index in [9.17, 15) is 4.79 Å². The van der Waals surface area contributed by atoms with Crippen LogP contribution in [-0.2, 0) is 17.6 Å². The maximum absolute atomic E-state index is 11.9. The van der Waals surface area contributed by atoms with Crippen LogP contribution < -0.4 is 0 Å². The molecular formula is C14H16O. The number of Topliss-reactive ketones (excluding diaryl/α,β-unsaturated/α-hetero) is 1. The topological polar surface area (TPSA) is 17.1 Å². The van der Waals surface area contributed by atoms with Crippen molar-refractivity contribution < 1.29 is 4.79 Å². The summed E-state index contributed by atoms with van der Waals surface area (Å²) in [5.74, 6) is 1.54. The maximum atomic E-state index is 11.9. The predicted molar refractivity (Wildman–Crippen MR) is 59.8 cm³/mol. The largest absolute Gasteiger partial charge is 0.299 e. The molecule has 2 aliphatic carbocycles. The zero-order valence-corrected chi connectivity index (χ0v) is 9.12. The lowest BCUT2D eigenvalue weighted by Gasteiger charge is -2.23. The van der Waals surface area contributed by atoms with Crippen LogP contribution in [0.15, 0.2) is 18.2 Å². The molecule has 1 atom stereocenters. The molecule has 1 saturated carbocycles. The Bertz CT molecular complexity index is 415. The molecule has 0 spiro atoms. The molecule has 1 fully saturated rings. The molecule has 1 heteroatoms. The molecule has 1 nitrogen and oxygen atoms in total. The molecule has 1 aromatic carbocycles. The van der Waals surface area contributed by atoms with Crippen LogP contribution >= 0.6 is 0 Å². The van der Waals surface area contributed by atoms with Gasteiger partial charge in [0.2, 0.25) is 0 Å². The van der Waals surface area contributed by atoms with Gasteiger partial charge in [-0.2, -0.15) is 0 Å². The molecular weight excluding hydrogens is 184 g/mol. The van der Waals surface area contributed by atoms with Gasteiger partial charge >= 0.3 is 0 Å². The zero-order chi connectivity index (χ0) is 10.4. The smallest absolute Gasteiger partial charge is 0.140 e. The Morgan fingerprint density at radius 1 is 1.20 bits per heavy atom. The average Bonchev–Trinajstić information content (AvgIpc) is 3.01. The van der Waals surface area contributed by atoms with E-state index >= 15 is 0 Å². The van der Waals surface area contributed by atoms with Gasteiger partial charge in [-0.05, 0) is 43.2 Å². The minimum Gasteiger partial charge on any atom is -0.299 e. The number of hydrogen-bond acceptors (Lipinski definition) is 1. The minimum absolute atomic E-state index is 0.347. The average molecular weight is 200 g/mol. The molecule has 1 aromatic rings. The number of ketones is 1. The molecule has 0 bridgehead atoms. The number of hydrogen-bond donors (Lipinski definition) is 0. The van der Waals surface area contributed by atoms with Gasteiger partial charge in [-0.3, -0.25) is 4.79 Å². The van der Waals surface area contributed by atoms with Gasteiger partial charge in [-0.1, -0.05) is 23.8 Å². The van der Waals surface area contributed by atoms with E-state index in [1.165, 1.54) is 29.5 Å². The Labute approximate surface area is 90.5 Å². The van der Waals surface area contributed by atoms with Crippen LogP contribution in [0.25, 0.3) is 0 Å². The van der Waals surface area contributed by atoms with E-state index in [0.717, 1.165) is 6.42 Å². The van der Waals surface area contributed by atoms with Crippen molar-refractivity contribution in [3.05, 3.63) is 34.9 Å². The lowest BCUT2D eigenvalue weighted by Crippen LogP contribution is -2.26. The first-order valence-corrected chi connectivity index (χ1v) is 5.85. The second kappa shape index (κ2) is 3.19. The Kier molecular flexibility index (Phi) is 1.95. The second-order valence-corrected chi connectivity index (χ2v) is 5.06. The molecule has 0 N–H and O–H groups in total. The van der Waals surface area contributed by atoms with Crippen LogP contribution in [0, 0.1) is 18.8 Å². The minimum atomic E-state index is 0.347. The highest BCUT2D eigenvalue weighted by Crippen LogP contribution is 2.41. The lowest BCUT2D eigenvalue weighted by molar-refractivity contribution is -0.123. The molecule has 2 aliphatic rings. The van der Waals surface area contributed by atoms with Crippen molar-refractivity contribution in [2.24, 2.45) is 11.8 Å². The number of carbonyl (C=O) groups is 1. The Morgan fingerprint density at radius 2 is 2.00 bits per heavy atom. The molecule has 15 heavy (non-hydrogen) atoms. The van der Waals surface area contributed by atoms with E-state index in [1.807, 2.05) is 0 Å². The van der Waals surface area contributed by atoms with Crippen molar-refractivity contribution in [2.75, 3.05) is 0 Å². The normalized spacial score (nSPS) is 25.1. The van der Waals surface area contributed by atoms with Gasteiger partial charge in [0.1, 0.15) is 5.78 Å². The highest BCUT2D eigenvalue weighted by molar-refractivity contribution is 5.86. The molecule has 78 valence electrons. The fraction of sp³-hybridized carbons (Fsp3) is 0.500. The van der Waals surface area contributed by atoms with Crippen LogP contribution in [0.2, 0.25) is 0 Å². The molecule has 0 saturated heterocycles. The van der Waals surface area contributed by atoms with Crippen molar-refractivity contribution >= 4 is 5.78 Å². The molecule has 0 aliphatic heterocycles. The number of benzene rings is 1. The summed E-state index contributed by atoms with van der Waals surface area (Å²) >= 11 is 0. The quantitative estimate of drug-likeness (QED) is 0.681. The van der Waals surface area contributed by atoms with Gasteiger partial charge < -0.3 is 0 Å². The van der Waals surface area contributed by atoms with Gasteiger partial charge in [0, 0.05) is 12.3 Å². The first-order chi connectivity index (χ1) is 7.24. The molecule has 0 amide bonds. The fourth-order valence-corrected chi connectivity index (χ4v) is 2.71. The summed E-state index contributed by atoms with van der Waals surface area (Å²) in [5, 5.41) is 0. The molecule has 3 rings (SSSR count). The lowest BCUT2D eigenvalue weighted by atomic mass is 9.80. The van der Waals surface area contributed by atoms with E-state index in [-0.39, 0.29) is 0 Å². The Balaban J connectivity index is 1.95. The summed E-state index contributed by atoms with van der Waals surface area (Å²) < 4.78 is 0. The van der Waals surface area contributed by atoms with Gasteiger partial charge in [0.05, 0.1) is 0 Å². The third-order valence-electron chi connectivity index (χ3n) is 3.77. The molecule has 1 unspecified atom stereocenters. The summed E-state index contributed by atoms with van der Waals surface area (Å²) in [6, 6.07) is 6.51. The highest BCUT2D eigenvalue weighted by atomic mass is 16.1. The van der Waals surface area contributed by atoms with Crippen molar-refractivity contribution in [3.8, 4) is 0 Å². The van der Waals surface area contributed by atoms with Gasteiger partial charge in [0.25, 0.3) is 0 Å². The van der Waals surface area contributed by atoms with Crippen molar-refractivity contribution in [1.29, 1.82) is 0 Å². The molecule has 0 heterocycles. The van der Waals surface area contributed by atoms with E-state index in [2.05, 4.69) is 25.1 Å². The summed E-state index contributed by atoms with van der Waals surface area (Å²) in [6.07, 6.45) is 4.23. The predicted octanol–water partition coefficient (Wildman–Crippen LogP) is 2.69. The van der Waals surface area contributed by atoms with E-state index in [4.69, 9.17) is 0 Å². The summed E-state index contributed by atoms with van der Waals surface area (Å²) in [5.41, 5.74) is 4.01. The number of aryl methyl sites for hydroxylation is 1. The van der Waals surface area contributed by atoms with Crippen LogP contribution in [0.4, 0.5) is 0 Å². The SMILES string of the molecule is Cc1ccc2c(c1)CC(C1CC1)C(=O)C2. The van der Waals surface area contributed by atoms with E-state index in [0.29, 0.717) is 24.0 Å². The molecule has 0 aromatic heterocycles. The van der Waals surface area contributed by atoms with Crippen LogP contribution in [0.3, 0.4) is 0 Å². The van der Waals surface area contributed by atoms with Crippen LogP contribution in [0.1, 0.15) is 29.5 Å². The Hall–Kier alpha value is -1.11. The summed E-state index contributed by atoms with van der Waals surface area (Å²) in [6.45, 7) is 2.13. The van der Waals surface area contributed by atoms with Crippen LogP contribution in [-0.4, -0.2) is 5.78 Å². The third kappa shape index (κ3) is 1.60. The monoisotopic (exact) mass is 200 g/mol. The van der Waals surface area contributed by atoms with Gasteiger partial charge in [-0.15, -0.1) is 0 Å².